The number of hydrogen-bond acceptors (Lipinski definition) is 4. The Kier molecular flexibility index (Phi) is 3.70. The maximum atomic E-state index is 13.1. The summed E-state index contributed by atoms with van der Waals surface area (Å²) in [5.41, 5.74) is 1.11. The Bertz CT molecular complexity index is 599. The lowest BCUT2D eigenvalue weighted by molar-refractivity contribution is 0.102. The Morgan fingerprint density at radius 2 is 2.11 bits per heavy atom. The highest BCUT2D eigenvalue weighted by atomic mass is 19.1. The van der Waals surface area contributed by atoms with E-state index in [0.717, 1.165) is 0 Å². The van der Waals surface area contributed by atoms with E-state index >= 15 is 0 Å². The summed E-state index contributed by atoms with van der Waals surface area (Å²) in [6.07, 6.45) is 2.66. The number of carbonyl (C=O) groups is 1. The fourth-order valence-corrected chi connectivity index (χ4v) is 1.46. The van der Waals surface area contributed by atoms with Gasteiger partial charge in [0, 0.05) is 5.69 Å². The molecule has 0 fully saturated rings. The van der Waals surface area contributed by atoms with E-state index in [-0.39, 0.29) is 11.5 Å². The van der Waals surface area contributed by atoms with Crippen molar-refractivity contribution in [1.82, 2.24) is 9.97 Å². The monoisotopic (exact) mass is 261 g/mol. The number of ether oxygens (including phenoxy) is 1. The summed E-state index contributed by atoms with van der Waals surface area (Å²) in [6, 6.07) is 4.33. The lowest BCUT2D eigenvalue weighted by Gasteiger charge is -2.06. The van der Waals surface area contributed by atoms with Gasteiger partial charge in [-0.05, 0) is 30.7 Å². The summed E-state index contributed by atoms with van der Waals surface area (Å²) in [7, 11) is 1.46. The number of halogens is 1. The molecule has 1 amide bonds. The lowest BCUT2D eigenvalue weighted by atomic mass is 10.2. The van der Waals surface area contributed by atoms with E-state index in [1.165, 1.54) is 31.6 Å². The van der Waals surface area contributed by atoms with Crippen molar-refractivity contribution in [3.8, 4) is 5.88 Å². The second kappa shape index (κ2) is 5.43. The Hall–Kier alpha value is -2.50. The molecule has 1 heterocycles. The average molecular weight is 261 g/mol. The van der Waals surface area contributed by atoms with Gasteiger partial charge >= 0.3 is 0 Å². The first-order valence-corrected chi connectivity index (χ1v) is 5.53. The molecule has 1 N–H and O–H groups in total. The van der Waals surface area contributed by atoms with Gasteiger partial charge in [-0.2, -0.15) is 0 Å². The minimum Gasteiger partial charge on any atom is -0.480 e. The van der Waals surface area contributed by atoms with Gasteiger partial charge in [-0.3, -0.25) is 4.79 Å². The molecule has 0 saturated heterocycles. The van der Waals surface area contributed by atoms with Crippen LogP contribution in [0.25, 0.3) is 0 Å². The number of anilines is 1. The summed E-state index contributed by atoms with van der Waals surface area (Å²) in [4.78, 5) is 19.7. The number of carbonyl (C=O) groups excluding carboxylic acids is 1. The number of rotatable bonds is 3. The summed E-state index contributed by atoms with van der Waals surface area (Å²) in [5, 5.41) is 2.61. The molecule has 19 heavy (non-hydrogen) atoms. The highest BCUT2D eigenvalue weighted by Gasteiger charge is 2.09. The van der Waals surface area contributed by atoms with E-state index in [1.807, 2.05) is 0 Å². The van der Waals surface area contributed by atoms with Crippen LogP contribution in [0.5, 0.6) is 5.88 Å². The smallest absolute Gasteiger partial charge is 0.275 e. The Morgan fingerprint density at radius 3 is 2.68 bits per heavy atom. The van der Waals surface area contributed by atoms with Crippen LogP contribution in [-0.2, 0) is 0 Å². The highest BCUT2D eigenvalue weighted by molar-refractivity contribution is 6.02. The second-order valence-electron chi connectivity index (χ2n) is 3.86. The molecule has 0 bridgehead atoms. The molecule has 6 heteroatoms. The van der Waals surface area contributed by atoms with Gasteiger partial charge in [0.2, 0.25) is 5.88 Å². The standard InChI is InChI=1S/C13H12FN3O2/c1-8-5-9(3-4-10(8)14)17-13(18)11-6-16-12(19-2)7-15-11/h3-7H,1-2H3,(H,17,18). The molecular weight excluding hydrogens is 249 g/mol. The molecule has 1 aromatic heterocycles. The van der Waals surface area contributed by atoms with Crippen molar-refractivity contribution in [1.29, 1.82) is 0 Å². The molecule has 0 aliphatic carbocycles. The molecule has 0 spiro atoms. The summed E-state index contributed by atoms with van der Waals surface area (Å²) in [6.45, 7) is 1.62. The largest absolute Gasteiger partial charge is 0.480 e. The van der Waals surface area contributed by atoms with Crippen LogP contribution < -0.4 is 10.1 Å². The van der Waals surface area contributed by atoms with Crippen molar-refractivity contribution in [2.45, 2.75) is 6.92 Å². The van der Waals surface area contributed by atoms with Crippen LogP contribution in [0.3, 0.4) is 0 Å². The zero-order valence-electron chi connectivity index (χ0n) is 10.5. The number of benzene rings is 1. The van der Waals surface area contributed by atoms with E-state index < -0.39 is 5.91 Å². The van der Waals surface area contributed by atoms with Crippen molar-refractivity contribution >= 4 is 11.6 Å². The Balaban J connectivity index is 2.13. The maximum Gasteiger partial charge on any atom is 0.275 e. The maximum absolute atomic E-state index is 13.1. The van der Waals surface area contributed by atoms with Gasteiger partial charge in [-0.25, -0.2) is 14.4 Å². The molecule has 0 unspecified atom stereocenters. The van der Waals surface area contributed by atoms with E-state index in [1.54, 1.807) is 13.0 Å². The molecule has 0 atom stereocenters. The fraction of sp³-hybridized carbons (Fsp3) is 0.154. The Labute approximate surface area is 109 Å². The zero-order valence-corrected chi connectivity index (χ0v) is 10.5. The minimum absolute atomic E-state index is 0.155. The molecule has 0 radical (unpaired) electrons. The predicted octanol–water partition coefficient (Wildman–Crippen LogP) is 2.19. The fourth-order valence-electron chi connectivity index (χ4n) is 1.46. The summed E-state index contributed by atoms with van der Waals surface area (Å²) < 4.78 is 17.9. The molecule has 5 nitrogen and oxygen atoms in total. The molecule has 0 aliphatic rings. The van der Waals surface area contributed by atoms with E-state index in [4.69, 9.17) is 4.74 Å². The van der Waals surface area contributed by atoms with Crippen LogP contribution in [0.15, 0.2) is 30.6 Å². The molecular formula is C13H12FN3O2. The van der Waals surface area contributed by atoms with Gasteiger partial charge in [-0.1, -0.05) is 0 Å². The van der Waals surface area contributed by atoms with E-state index in [9.17, 15) is 9.18 Å². The molecule has 1 aromatic carbocycles. The summed E-state index contributed by atoms with van der Waals surface area (Å²) in [5.74, 6) is -0.405. The van der Waals surface area contributed by atoms with Gasteiger partial charge < -0.3 is 10.1 Å². The van der Waals surface area contributed by atoms with Gasteiger partial charge in [-0.15, -0.1) is 0 Å². The first-order valence-electron chi connectivity index (χ1n) is 5.53. The van der Waals surface area contributed by atoms with Crippen molar-refractivity contribution in [2.24, 2.45) is 0 Å². The predicted molar refractivity (Wildman–Crippen MR) is 67.7 cm³/mol. The normalized spacial score (nSPS) is 10.1. The minimum atomic E-state index is -0.416. The first kappa shape index (κ1) is 12.9. The molecule has 0 saturated carbocycles. The topological polar surface area (TPSA) is 64.1 Å². The highest BCUT2D eigenvalue weighted by Crippen LogP contribution is 2.14. The van der Waals surface area contributed by atoms with Gasteiger partial charge in [0.1, 0.15) is 11.5 Å². The SMILES string of the molecule is COc1cnc(C(=O)Nc2ccc(F)c(C)c2)cn1. The number of amides is 1. The molecule has 2 aromatic rings. The van der Waals surface area contributed by atoms with Crippen molar-refractivity contribution < 1.29 is 13.9 Å². The number of aromatic nitrogens is 2. The van der Waals surface area contributed by atoms with E-state index in [0.29, 0.717) is 17.1 Å². The molecule has 98 valence electrons. The third kappa shape index (κ3) is 3.04. The van der Waals surface area contributed by atoms with Crippen molar-refractivity contribution in [2.75, 3.05) is 12.4 Å². The zero-order chi connectivity index (χ0) is 13.8. The Morgan fingerprint density at radius 1 is 1.32 bits per heavy atom. The number of nitrogens with zero attached hydrogens (tertiary/aromatic N) is 2. The van der Waals surface area contributed by atoms with Crippen LogP contribution >= 0.6 is 0 Å². The summed E-state index contributed by atoms with van der Waals surface area (Å²) >= 11 is 0. The van der Waals surface area contributed by atoms with Crippen LogP contribution in [-0.4, -0.2) is 23.0 Å². The van der Waals surface area contributed by atoms with E-state index in [2.05, 4.69) is 15.3 Å². The lowest BCUT2D eigenvalue weighted by Crippen LogP contribution is -2.14. The third-order valence-electron chi connectivity index (χ3n) is 2.49. The molecule has 0 aliphatic heterocycles. The van der Waals surface area contributed by atoms with Crippen LogP contribution in [0.1, 0.15) is 16.1 Å². The van der Waals surface area contributed by atoms with Crippen LogP contribution in [0.4, 0.5) is 10.1 Å². The van der Waals surface area contributed by atoms with Crippen LogP contribution in [0.2, 0.25) is 0 Å². The molecule has 2 rings (SSSR count). The average Bonchev–Trinajstić information content (AvgIpc) is 2.43. The van der Waals surface area contributed by atoms with Crippen molar-refractivity contribution in [3.05, 3.63) is 47.7 Å². The number of aryl methyl sites for hydroxylation is 1. The number of methoxy groups -OCH3 is 1. The van der Waals surface area contributed by atoms with Gasteiger partial charge in [0.15, 0.2) is 0 Å². The number of hydrogen-bond donors (Lipinski definition) is 1. The van der Waals surface area contributed by atoms with Gasteiger partial charge in [0.25, 0.3) is 5.91 Å². The third-order valence-corrected chi connectivity index (χ3v) is 2.49. The quantitative estimate of drug-likeness (QED) is 0.919. The van der Waals surface area contributed by atoms with Crippen LogP contribution in [0, 0.1) is 12.7 Å². The van der Waals surface area contributed by atoms with Gasteiger partial charge in [0.05, 0.1) is 19.5 Å². The second-order valence-corrected chi connectivity index (χ2v) is 3.86. The van der Waals surface area contributed by atoms with Crippen molar-refractivity contribution in [3.63, 3.8) is 0 Å². The number of nitrogens with one attached hydrogen (secondary N) is 1. The first-order chi connectivity index (χ1) is 9.10.